The second-order valence-corrected chi connectivity index (χ2v) is 8.20. The van der Waals surface area contributed by atoms with Gasteiger partial charge in [0.15, 0.2) is 18.1 Å². The number of benzene rings is 3. The first-order valence-electron chi connectivity index (χ1n) is 9.95. The Morgan fingerprint density at radius 1 is 1.09 bits per heavy atom. The van der Waals surface area contributed by atoms with Crippen LogP contribution in [0.15, 0.2) is 83.5 Å². The predicted molar refractivity (Wildman–Crippen MR) is 134 cm³/mol. The first kappa shape index (κ1) is 22.5. The van der Waals surface area contributed by atoms with Gasteiger partial charge in [-0.15, -0.1) is 0 Å². The van der Waals surface area contributed by atoms with Gasteiger partial charge in [-0.2, -0.15) is 10.1 Å². The van der Waals surface area contributed by atoms with Crippen molar-refractivity contribution in [2.75, 3.05) is 18.7 Å². The van der Waals surface area contributed by atoms with Crippen LogP contribution < -0.4 is 14.5 Å². The highest BCUT2D eigenvalue weighted by molar-refractivity contribution is 14.1. The molecule has 0 fully saturated rings. The van der Waals surface area contributed by atoms with Crippen molar-refractivity contribution < 1.29 is 24.2 Å². The topological polar surface area (TPSA) is 88.4 Å². The number of rotatable bonds is 7. The molecule has 0 saturated heterocycles. The average Bonchev–Trinajstić information content (AvgIpc) is 3.15. The summed E-state index contributed by atoms with van der Waals surface area (Å²) in [5.41, 5.74) is 3.18. The minimum Gasteiger partial charge on any atom is -0.493 e. The van der Waals surface area contributed by atoms with Crippen LogP contribution in [0.4, 0.5) is 5.69 Å². The second kappa shape index (κ2) is 9.86. The van der Waals surface area contributed by atoms with Gasteiger partial charge in [-0.3, -0.25) is 4.79 Å². The van der Waals surface area contributed by atoms with Crippen LogP contribution in [0.5, 0.6) is 11.5 Å². The maximum atomic E-state index is 13.4. The molecule has 1 amide bonds. The Balaban J connectivity index is 1.78. The molecule has 1 heterocycles. The number of hydrogen-bond donors (Lipinski definition) is 1. The van der Waals surface area contributed by atoms with Crippen LogP contribution in [-0.2, 0) is 9.59 Å². The van der Waals surface area contributed by atoms with Gasteiger partial charge in [-0.1, -0.05) is 48.5 Å². The van der Waals surface area contributed by atoms with Crippen molar-refractivity contribution in [2.45, 2.75) is 0 Å². The van der Waals surface area contributed by atoms with Crippen LogP contribution in [0.2, 0.25) is 0 Å². The van der Waals surface area contributed by atoms with Gasteiger partial charge in [0.05, 0.1) is 21.9 Å². The van der Waals surface area contributed by atoms with Gasteiger partial charge in [0.1, 0.15) is 5.71 Å². The highest BCUT2D eigenvalue weighted by Gasteiger charge is 2.32. The van der Waals surface area contributed by atoms with E-state index in [1.807, 2.05) is 60.7 Å². The predicted octanol–water partition coefficient (Wildman–Crippen LogP) is 4.60. The van der Waals surface area contributed by atoms with Crippen molar-refractivity contribution in [2.24, 2.45) is 5.10 Å². The van der Waals surface area contributed by atoms with Crippen LogP contribution >= 0.6 is 22.6 Å². The minimum atomic E-state index is -1.08. The van der Waals surface area contributed by atoms with E-state index < -0.39 is 12.6 Å². The van der Waals surface area contributed by atoms with Gasteiger partial charge in [-0.05, 0) is 58.5 Å². The van der Waals surface area contributed by atoms with Crippen molar-refractivity contribution in [1.82, 2.24) is 0 Å². The molecule has 0 saturated carbocycles. The van der Waals surface area contributed by atoms with Crippen molar-refractivity contribution in [3.63, 3.8) is 0 Å². The molecule has 0 aromatic heterocycles. The summed E-state index contributed by atoms with van der Waals surface area (Å²) in [5, 5.41) is 14.9. The van der Waals surface area contributed by atoms with E-state index in [9.17, 15) is 9.59 Å². The van der Waals surface area contributed by atoms with E-state index >= 15 is 0 Å². The summed E-state index contributed by atoms with van der Waals surface area (Å²) in [6, 6.07) is 22.2. The smallest absolute Gasteiger partial charge is 0.341 e. The quantitative estimate of drug-likeness (QED) is 0.341. The van der Waals surface area contributed by atoms with Crippen molar-refractivity contribution in [1.29, 1.82) is 0 Å². The Kier molecular flexibility index (Phi) is 6.74. The largest absolute Gasteiger partial charge is 0.493 e. The highest BCUT2D eigenvalue weighted by Crippen LogP contribution is 2.35. The second-order valence-electron chi connectivity index (χ2n) is 7.04. The zero-order valence-electron chi connectivity index (χ0n) is 17.6. The van der Waals surface area contributed by atoms with Crippen LogP contribution in [0.1, 0.15) is 11.1 Å². The van der Waals surface area contributed by atoms with E-state index in [4.69, 9.17) is 14.6 Å². The van der Waals surface area contributed by atoms with Gasteiger partial charge < -0.3 is 14.6 Å². The fourth-order valence-electron chi connectivity index (χ4n) is 3.36. The molecule has 166 valence electrons. The number of carboxylic acids is 1. The monoisotopic (exact) mass is 554 g/mol. The standard InChI is InChI=1S/C25H19IN2O5/c1-32-21-14-16(13-20(26)24(21)33-15-22(29)30)12-19-23(17-8-4-2-5-9-17)27-28(25(19)31)18-10-6-3-7-11-18/h2-14H,15H2,1H3,(H,29,30)/b19-12-. The van der Waals surface area contributed by atoms with Gasteiger partial charge in [-0.25, -0.2) is 4.79 Å². The molecule has 0 atom stereocenters. The van der Waals surface area contributed by atoms with Gasteiger partial charge in [0, 0.05) is 5.56 Å². The summed E-state index contributed by atoms with van der Waals surface area (Å²) in [7, 11) is 1.48. The number of hydrazone groups is 1. The Hall–Kier alpha value is -3.66. The van der Waals surface area contributed by atoms with E-state index in [-0.39, 0.29) is 5.91 Å². The van der Waals surface area contributed by atoms with E-state index in [0.717, 1.165) is 5.56 Å². The molecule has 0 bridgehead atoms. The van der Waals surface area contributed by atoms with E-state index in [0.29, 0.717) is 37.6 Å². The molecule has 4 rings (SSSR count). The number of ether oxygens (including phenoxy) is 2. The number of carbonyl (C=O) groups excluding carboxylic acids is 1. The zero-order chi connectivity index (χ0) is 23.4. The Morgan fingerprint density at radius 2 is 1.76 bits per heavy atom. The molecule has 33 heavy (non-hydrogen) atoms. The third-order valence-corrected chi connectivity index (χ3v) is 5.63. The Bertz CT molecular complexity index is 1260. The van der Waals surface area contributed by atoms with Crippen LogP contribution in [-0.4, -0.2) is 36.4 Å². The molecular weight excluding hydrogens is 535 g/mol. The SMILES string of the molecule is COc1cc(/C=C2\C(=O)N(c3ccccc3)N=C2c2ccccc2)cc(I)c1OCC(=O)O. The first-order chi connectivity index (χ1) is 16.0. The number of carbonyl (C=O) groups is 2. The molecule has 1 N–H and O–H groups in total. The summed E-state index contributed by atoms with van der Waals surface area (Å²) < 4.78 is 11.5. The average molecular weight is 554 g/mol. The number of methoxy groups -OCH3 is 1. The van der Waals surface area contributed by atoms with Gasteiger partial charge >= 0.3 is 5.97 Å². The van der Waals surface area contributed by atoms with E-state index in [1.165, 1.54) is 12.1 Å². The third kappa shape index (κ3) is 4.90. The summed E-state index contributed by atoms with van der Waals surface area (Å²) >= 11 is 2.05. The number of aliphatic carboxylic acids is 1. The number of para-hydroxylation sites is 1. The van der Waals surface area contributed by atoms with Crippen LogP contribution in [0.3, 0.4) is 0 Å². The lowest BCUT2D eigenvalue weighted by molar-refractivity contribution is -0.139. The molecule has 0 spiro atoms. The van der Waals surface area contributed by atoms with Crippen LogP contribution in [0.25, 0.3) is 6.08 Å². The van der Waals surface area contributed by atoms with Crippen molar-refractivity contribution >= 4 is 51.9 Å². The van der Waals surface area contributed by atoms with Gasteiger partial charge in [0.2, 0.25) is 0 Å². The van der Waals surface area contributed by atoms with Crippen molar-refractivity contribution in [3.05, 3.63) is 93.1 Å². The lowest BCUT2D eigenvalue weighted by Gasteiger charge is -2.13. The first-order valence-corrected chi connectivity index (χ1v) is 11.0. The number of carboxylic acid groups (broad SMARTS) is 1. The number of hydrogen-bond acceptors (Lipinski definition) is 5. The Labute approximate surface area is 204 Å². The molecule has 1 aliphatic rings. The van der Waals surface area contributed by atoms with Crippen LogP contribution in [0, 0.1) is 3.57 Å². The molecule has 0 unspecified atom stereocenters. The third-order valence-electron chi connectivity index (χ3n) is 4.83. The number of amides is 1. The summed E-state index contributed by atoms with van der Waals surface area (Å²) in [6.07, 6.45) is 1.75. The number of halogens is 1. The molecule has 3 aromatic rings. The highest BCUT2D eigenvalue weighted by atomic mass is 127. The van der Waals surface area contributed by atoms with E-state index in [2.05, 4.69) is 27.7 Å². The number of nitrogens with zero attached hydrogens (tertiary/aromatic N) is 2. The number of anilines is 1. The fourth-order valence-corrected chi connectivity index (χ4v) is 4.14. The van der Waals surface area contributed by atoms with E-state index in [1.54, 1.807) is 18.2 Å². The lowest BCUT2D eigenvalue weighted by Crippen LogP contribution is -2.21. The van der Waals surface area contributed by atoms with Gasteiger partial charge in [0.25, 0.3) is 5.91 Å². The minimum absolute atomic E-state index is 0.250. The normalized spacial score (nSPS) is 14.4. The molecule has 0 aliphatic carbocycles. The molecule has 8 heteroatoms. The molecular formula is C25H19IN2O5. The molecule has 1 aliphatic heterocycles. The molecule has 0 radical (unpaired) electrons. The molecule has 7 nitrogen and oxygen atoms in total. The summed E-state index contributed by atoms with van der Waals surface area (Å²) in [5.74, 6) is -0.623. The maximum absolute atomic E-state index is 13.4. The van der Waals surface area contributed by atoms with Crippen molar-refractivity contribution in [3.8, 4) is 11.5 Å². The zero-order valence-corrected chi connectivity index (χ0v) is 19.7. The molecule has 3 aromatic carbocycles. The summed E-state index contributed by atoms with van der Waals surface area (Å²) in [4.78, 5) is 24.3. The lowest BCUT2D eigenvalue weighted by atomic mass is 10.00. The maximum Gasteiger partial charge on any atom is 0.341 e. The summed E-state index contributed by atoms with van der Waals surface area (Å²) in [6.45, 7) is -0.484. The Morgan fingerprint density at radius 3 is 2.39 bits per heavy atom. The fraction of sp³-hybridized carbons (Fsp3) is 0.0800.